The number of nitrogens with zero attached hydrogens (tertiary/aromatic N) is 3. The Bertz CT molecular complexity index is 1470. The number of fused-ring (bicyclic) bond motifs is 1. The van der Waals surface area contributed by atoms with Crippen molar-refractivity contribution in [3.05, 3.63) is 81.2 Å². The number of carbonyl (C=O) groups excluding carboxylic acids is 2. The number of amides is 2. The number of hydrogen-bond acceptors (Lipinski definition) is 8. The van der Waals surface area contributed by atoms with Crippen molar-refractivity contribution < 1.29 is 14.3 Å². The average molecular weight is 619 g/mol. The van der Waals surface area contributed by atoms with Crippen LogP contribution in [0, 0.1) is 0 Å². The van der Waals surface area contributed by atoms with E-state index in [2.05, 4.69) is 39.5 Å². The second-order valence-corrected chi connectivity index (χ2v) is 13.7. The van der Waals surface area contributed by atoms with Crippen LogP contribution in [0.15, 0.2) is 59.5 Å². The Morgan fingerprint density at radius 2 is 1.88 bits per heavy atom. The van der Waals surface area contributed by atoms with E-state index < -0.39 is 0 Å². The lowest BCUT2D eigenvalue weighted by Crippen LogP contribution is -2.31. The minimum absolute atomic E-state index is 0.150. The third-order valence-electron chi connectivity index (χ3n) is 7.77. The molecule has 42 heavy (non-hydrogen) atoms. The van der Waals surface area contributed by atoms with Crippen LogP contribution in [0.3, 0.4) is 0 Å². The molecule has 1 saturated carbocycles. The third kappa shape index (κ3) is 7.29. The van der Waals surface area contributed by atoms with Gasteiger partial charge in [0.25, 0.3) is 5.91 Å². The first-order valence-electron chi connectivity index (χ1n) is 14.6. The van der Waals surface area contributed by atoms with Gasteiger partial charge in [-0.15, -0.1) is 11.3 Å². The monoisotopic (exact) mass is 618 g/mol. The van der Waals surface area contributed by atoms with Crippen LogP contribution in [-0.4, -0.2) is 50.1 Å². The lowest BCUT2D eigenvalue weighted by molar-refractivity contribution is -0.122. The van der Waals surface area contributed by atoms with E-state index in [1.54, 1.807) is 0 Å². The highest BCUT2D eigenvalue weighted by Crippen LogP contribution is 2.34. The van der Waals surface area contributed by atoms with Crippen LogP contribution in [0.2, 0.25) is 0 Å². The zero-order valence-corrected chi connectivity index (χ0v) is 25.9. The minimum Gasteiger partial charge on any atom is -0.490 e. The highest BCUT2D eigenvalue weighted by Gasteiger charge is 2.32. The van der Waals surface area contributed by atoms with Gasteiger partial charge in [-0.1, -0.05) is 72.9 Å². The Kier molecular flexibility index (Phi) is 9.34. The van der Waals surface area contributed by atoms with Crippen molar-refractivity contribution in [2.45, 2.75) is 64.1 Å². The lowest BCUT2D eigenvalue weighted by Gasteiger charge is -2.25. The molecule has 1 aromatic heterocycles. The fourth-order valence-corrected chi connectivity index (χ4v) is 7.91. The zero-order valence-electron chi connectivity index (χ0n) is 23.4. The molecule has 3 aliphatic rings. The van der Waals surface area contributed by atoms with Crippen LogP contribution >= 0.6 is 35.3 Å². The summed E-state index contributed by atoms with van der Waals surface area (Å²) in [6, 6.07) is 18.3. The molecule has 10 heteroatoms. The van der Waals surface area contributed by atoms with Gasteiger partial charge in [-0.3, -0.25) is 19.4 Å². The van der Waals surface area contributed by atoms with E-state index in [0.29, 0.717) is 20.5 Å². The maximum atomic E-state index is 13.1. The molecular weight excluding hydrogens is 585 g/mol. The van der Waals surface area contributed by atoms with Crippen molar-refractivity contribution in [1.29, 1.82) is 0 Å². The van der Waals surface area contributed by atoms with Gasteiger partial charge in [0.05, 0.1) is 16.7 Å². The fraction of sp³-hybridized carbons (Fsp3) is 0.375. The van der Waals surface area contributed by atoms with E-state index in [4.69, 9.17) is 17.0 Å². The van der Waals surface area contributed by atoms with Crippen molar-refractivity contribution >= 4 is 62.7 Å². The minimum atomic E-state index is -0.172. The predicted octanol–water partition coefficient (Wildman–Crippen LogP) is 6.64. The summed E-state index contributed by atoms with van der Waals surface area (Å²) in [6.45, 7) is 2.91. The van der Waals surface area contributed by atoms with Crippen LogP contribution in [-0.2, 0) is 29.1 Å². The van der Waals surface area contributed by atoms with Gasteiger partial charge in [-0.05, 0) is 55.0 Å². The van der Waals surface area contributed by atoms with Gasteiger partial charge in [0.1, 0.15) is 10.1 Å². The summed E-state index contributed by atoms with van der Waals surface area (Å²) in [4.78, 5) is 36.2. The molecule has 1 saturated heterocycles. The maximum absolute atomic E-state index is 13.1. The van der Waals surface area contributed by atoms with Crippen LogP contribution in [0.25, 0.3) is 6.08 Å². The normalized spacial score (nSPS) is 18.9. The van der Waals surface area contributed by atoms with Crippen molar-refractivity contribution in [2.75, 3.05) is 18.4 Å². The number of nitrogens with one attached hydrogen (secondary N) is 1. The molecule has 3 heterocycles. The molecule has 0 bridgehead atoms. The van der Waals surface area contributed by atoms with E-state index in [9.17, 15) is 9.59 Å². The lowest BCUT2D eigenvalue weighted by atomic mass is 9.98. The van der Waals surface area contributed by atoms with Crippen molar-refractivity contribution in [3.63, 3.8) is 0 Å². The van der Waals surface area contributed by atoms with Gasteiger partial charge in [0.15, 0.2) is 5.13 Å². The van der Waals surface area contributed by atoms with Crippen molar-refractivity contribution in [3.8, 4) is 5.75 Å². The molecule has 0 radical (unpaired) electrons. The van der Waals surface area contributed by atoms with E-state index in [1.807, 2.05) is 36.4 Å². The largest absolute Gasteiger partial charge is 0.490 e. The summed E-state index contributed by atoms with van der Waals surface area (Å²) >= 11 is 8.29. The number of thiazole rings is 1. The molecule has 0 unspecified atom stereocenters. The molecule has 218 valence electrons. The number of anilines is 1. The Morgan fingerprint density at radius 3 is 2.67 bits per heavy atom. The Morgan fingerprint density at radius 1 is 1.10 bits per heavy atom. The molecule has 2 fully saturated rings. The van der Waals surface area contributed by atoms with Gasteiger partial charge in [-0.2, -0.15) is 0 Å². The molecule has 2 amide bonds. The summed E-state index contributed by atoms with van der Waals surface area (Å²) in [7, 11) is 0. The number of aromatic nitrogens is 1. The first kappa shape index (κ1) is 29.0. The van der Waals surface area contributed by atoms with Crippen molar-refractivity contribution in [1.82, 2.24) is 14.8 Å². The van der Waals surface area contributed by atoms with Crippen LogP contribution in [0.1, 0.15) is 60.2 Å². The molecule has 0 spiro atoms. The quantitative estimate of drug-likeness (QED) is 0.213. The zero-order chi connectivity index (χ0) is 28.9. The standard InChI is InChI=1S/C32H34N4O3S3/c37-29(34-31-33-26-15-17-35(21-28(26)41-31)20-23-7-3-1-4-8-23)16-18-36-30(38)27(42-32(36)40)19-22-11-13-25(14-12-22)39-24-9-5-2-6-10-24/h1,3-4,7-8,11-14,19,24H,2,5-6,9-10,15-18,20-21H2,(H,33,34,37)/b27-19-. The Labute approximate surface area is 260 Å². The van der Waals surface area contributed by atoms with E-state index >= 15 is 0 Å². The summed E-state index contributed by atoms with van der Waals surface area (Å²) < 4.78 is 6.59. The maximum Gasteiger partial charge on any atom is 0.266 e. The highest BCUT2D eigenvalue weighted by atomic mass is 32.2. The molecular formula is C32H34N4O3S3. The van der Waals surface area contributed by atoms with Gasteiger partial charge in [-0.25, -0.2) is 4.98 Å². The summed E-state index contributed by atoms with van der Waals surface area (Å²) in [6.07, 6.45) is 9.15. The van der Waals surface area contributed by atoms with E-state index in [0.717, 1.165) is 55.9 Å². The molecule has 0 atom stereocenters. The van der Waals surface area contributed by atoms with Crippen molar-refractivity contribution in [2.24, 2.45) is 0 Å². The fourth-order valence-electron chi connectivity index (χ4n) is 5.54. The second kappa shape index (κ2) is 13.5. The van der Waals surface area contributed by atoms with E-state index in [1.165, 1.54) is 57.7 Å². The SMILES string of the molecule is O=C(CCN1C(=O)/C(=C/c2ccc(OC3CCCCC3)cc2)SC1=S)Nc1nc2c(s1)CN(Cc1ccccc1)CC2. The number of thioether (sulfide) groups is 1. The molecule has 2 aromatic carbocycles. The number of rotatable bonds is 9. The van der Waals surface area contributed by atoms with Gasteiger partial charge >= 0.3 is 0 Å². The first-order valence-corrected chi connectivity index (χ1v) is 16.6. The predicted molar refractivity (Wildman–Crippen MR) is 173 cm³/mol. The number of benzene rings is 2. The Balaban J connectivity index is 0.989. The van der Waals surface area contributed by atoms with Gasteiger partial charge in [0, 0.05) is 43.9 Å². The highest BCUT2D eigenvalue weighted by molar-refractivity contribution is 8.26. The molecule has 6 rings (SSSR count). The molecule has 3 aromatic rings. The summed E-state index contributed by atoms with van der Waals surface area (Å²) in [5, 5.41) is 3.56. The first-order chi connectivity index (χ1) is 20.5. The molecule has 1 aliphatic carbocycles. The van der Waals surface area contributed by atoms with Crippen LogP contribution in [0.4, 0.5) is 5.13 Å². The summed E-state index contributed by atoms with van der Waals surface area (Å²) in [5.74, 6) is 0.528. The molecule has 7 nitrogen and oxygen atoms in total. The van der Waals surface area contributed by atoms with Gasteiger partial charge < -0.3 is 10.1 Å². The third-order valence-corrected chi connectivity index (χ3v) is 10.2. The number of hydrogen-bond donors (Lipinski definition) is 1. The number of ether oxygens (including phenoxy) is 1. The summed E-state index contributed by atoms with van der Waals surface area (Å²) in [5.41, 5.74) is 3.27. The average Bonchev–Trinajstić information content (AvgIpc) is 3.52. The van der Waals surface area contributed by atoms with Gasteiger partial charge in [0.2, 0.25) is 5.91 Å². The number of carbonyl (C=O) groups is 2. The van der Waals surface area contributed by atoms with Crippen LogP contribution < -0.4 is 10.1 Å². The number of thiocarbonyl (C=S) groups is 1. The topological polar surface area (TPSA) is 74.8 Å². The molecule has 2 aliphatic heterocycles. The Hall–Kier alpha value is -3.05. The van der Waals surface area contributed by atoms with Crippen LogP contribution in [0.5, 0.6) is 5.75 Å². The van der Waals surface area contributed by atoms with E-state index in [-0.39, 0.29) is 24.8 Å². The smallest absolute Gasteiger partial charge is 0.266 e. The second-order valence-electron chi connectivity index (χ2n) is 10.9. The molecule has 1 N–H and O–H groups in total.